The quantitative estimate of drug-likeness (QED) is 0.209. The van der Waals surface area contributed by atoms with Crippen LogP contribution in [0.3, 0.4) is 0 Å². The summed E-state index contributed by atoms with van der Waals surface area (Å²) < 4.78 is 0. The van der Waals surface area contributed by atoms with E-state index in [-0.39, 0.29) is 5.91 Å². The number of amides is 1. The molecule has 0 radical (unpaired) electrons. The van der Waals surface area contributed by atoms with E-state index in [4.69, 9.17) is 0 Å². The Kier molecular flexibility index (Phi) is 6.32. The van der Waals surface area contributed by atoms with E-state index in [0.717, 1.165) is 44.9 Å². The minimum atomic E-state index is -0.188. The van der Waals surface area contributed by atoms with Crippen LogP contribution in [-0.4, -0.2) is 36.5 Å². The molecule has 1 amide bonds. The number of aromatic amines is 1. The molecular formula is C29H23N9O. The van der Waals surface area contributed by atoms with E-state index in [0.29, 0.717) is 17.1 Å². The second-order valence-electron chi connectivity index (χ2n) is 8.89. The van der Waals surface area contributed by atoms with E-state index in [1.165, 1.54) is 0 Å². The lowest BCUT2D eigenvalue weighted by molar-refractivity contribution is 0.102. The van der Waals surface area contributed by atoms with Crippen LogP contribution in [-0.2, 0) is 0 Å². The molecule has 0 fully saturated rings. The van der Waals surface area contributed by atoms with Crippen molar-refractivity contribution in [1.29, 1.82) is 0 Å². The Bertz CT molecular complexity index is 1750. The molecule has 190 valence electrons. The predicted octanol–water partition coefficient (Wildman–Crippen LogP) is 5.86. The van der Waals surface area contributed by atoms with Crippen molar-refractivity contribution >= 4 is 45.2 Å². The van der Waals surface area contributed by atoms with Crippen molar-refractivity contribution < 1.29 is 4.79 Å². The minimum Gasteiger partial charge on any atom is -0.355 e. The highest BCUT2D eigenvalue weighted by Gasteiger charge is 2.10. The maximum Gasteiger partial charge on any atom is 0.255 e. The number of aromatic nitrogens is 6. The van der Waals surface area contributed by atoms with Crippen molar-refractivity contribution in [3.63, 3.8) is 0 Å². The van der Waals surface area contributed by atoms with Gasteiger partial charge in [-0.1, -0.05) is 0 Å². The van der Waals surface area contributed by atoms with Gasteiger partial charge in [-0.05, 0) is 102 Å². The van der Waals surface area contributed by atoms with E-state index < -0.39 is 0 Å². The Morgan fingerprint density at radius 2 is 1.49 bits per heavy atom. The summed E-state index contributed by atoms with van der Waals surface area (Å²) in [5.41, 5.74) is 7.48. The summed E-state index contributed by atoms with van der Waals surface area (Å²) in [6.07, 6.45) is 3.52. The van der Waals surface area contributed by atoms with E-state index in [1.807, 2.05) is 79.7 Å². The number of carbonyl (C=O) groups excluding carboxylic acids is 1. The third-order valence-corrected chi connectivity index (χ3v) is 6.11. The highest BCUT2D eigenvalue weighted by Crippen LogP contribution is 2.29. The van der Waals surface area contributed by atoms with Gasteiger partial charge >= 0.3 is 0 Å². The topological polar surface area (TPSA) is 133 Å². The van der Waals surface area contributed by atoms with Gasteiger partial charge in [-0.2, -0.15) is 0 Å². The molecule has 0 aliphatic rings. The number of H-pyrrole nitrogens is 1. The fourth-order valence-corrected chi connectivity index (χ4v) is 4.17. The van der Waals surface area contributed by atoms with Crippen LogP contribution in [0.25, 0.3) is 22.3 Å². The summed E-state index contributed by atoms with van der Waals surface area (Å²) in [6.45, 7) is 1.95. The SMILES string of the molecule is Cc1cc(Nc2ccc(NC(=O)c3ccc(Nc4ccnc5ccc(-c6nnn[nH]6)cc45)cc3)cc2)ccn1. The van der Waals surface area contributed by atoms with E-state index in [1.54, 1.807) is 24.5 Å². The van der Waals surface area contributed by atoms with Gasteiger partial charge in [-0.15, -0.1) is 5.10 Å². The molecule has 3 heterocycles. The van der Waals surface area contributed by atoms with Gasteiger partial charge in [-0.25, -0.2) is 5.10 Å². The largest absolute Gasteiger partial charge is 0.355 e. The van der Waals surface area contributed by atoms with Crippen LogP contribution in [0.5, 0.6) is 0 Å². The van der Waals surface area contributed by atoms with E-state index in [9.17, 15) is 4.79 Å². The van der Waals surface area contributed by atoms with Crippen LogP contribution in [0.4, 0.5) is 28.4 Å². The van der Waals surface area contributed by atoms with Crippen LogP contribution in [0, 0.1) is 6.92 Å². The van der Waals surface area contributed by atoms with Gasteiger partial charge in [0.1, 0.15) is 0 Å². The van der Waals surface area contributed by atoms with Crippen molar-refractivity contribution in [2.45, 2.75) is 6.92 Å². The smallest absolute Gasteiger partial charge is 0.255 e. The zero-order valence-corrected chi connectivity index (χ0v) is 20.9. The van der Waals surface area contributed by atoms with Crippen molar-refractivity contribution in [3.8, 4) is 11.4 Å². The van der Waals surface area contributed by atoms with Crippen molar-refractivity contribution in [3.05, 3.63) is 109 Å². The molecule has 0 spiro atoms. The summed E-state index contributed by atoms with van der Waals surface area (Å²) in [7, 11) is 0. The number of nitrogens with one attached hydrogen (secondary N) is 4. The molecule has 6 rings (SSSR count). The Morgan fingerprint density at radius 3 is 2.26 bits per heavy atom. The highest BCUT2D eigenvalue weighted by atomic mass is 16.1. The zero-order chi connectivity index (χ0) is 26.6. The number of pyridine rings is 2. The van der Waals surface area contributed by atoms with Crippen LogP contribution in [0.1, 0.15) is 16.1 Å². The fraction of sp³-hybridized carbons (Fsp3) is 0.0345. The van der Waals surface area contributed by atoms with Gasteiger partial charge in [0, 0.05) is 63.0 Å². The number of aryl methyl sites for hydroxylation is 1. The number of anilines is 5. The molecule has 3 aromatic carbocycles. The zero-order valence-electron chi connectivity index (χ0n) is 20.9. The summed E-state index contributed by atoms with van der Waals surface area (Å²) in [5.74, 6) is 0.392. The monoisotopic (exact) mass is 513 g/mol. The number of hydrogen-bond donors (Lipinski definition) is 4. The first-order valence-corrected chi connectivity index (χ1v) is 12.2. The number of nitrogens with zero attached hydrogens (tertiary/aromatic N) is 5. The lowest BCUT2D eigenvalue weighted by Crippen LogP contribution is -2.11. The first-order chi connectivity index (χ1) is 19.1. The minimum absolute atomic E-state index is 0.188. The Balaban J connectivity index is 1.13. The first kappa shape index (κ1) is 23.7. The molecule has 0 bridgehead atoms. The average molecular weight is 514 g/mol. The molecule has 39 heavy (non-hydrogen) atoms. The standard InChI is InChI=1S/C29H23N9O/c1-18-16-24(12-14-30-18)32-21-7-9-23(10-8-21)34-29(39)19-2-5-22(6-3-19)33-27-13-15-31-26-11-4-20(17-25(26)27)28-35-37-38-36-28/h2-17H,1H3,(H,30,32)(H,31,33)(H,34,39)(H,35,36,37,38). The van der Waals surface area contributed by atoms with Gasteiger partial charge in [0.2, 0.25) is 0 Å². The molecule has 10 heteroatoms. The number of benzene rings is 3. The average Bonchev–Trinajstić information content (AvgIpc) is 3.50. The van der Waals surface area contributed by atoms with E-state index in [2.05, 4.69) is 46.5 Å². The molecule has 0 unspecified atom stereocenters. The van der Waals surface area contributed by atoms with Gasteiger partial charge < -0.3 is 16.0 Å². The van der Waals surface area contributed by atoms with Crippen LogP contribution >= 0.6 is 0 Å². The predicted molar refractivity (Wildman–Crippen MR) is 151 cm³/mol. The molecule has 0 saturated heterocycles. The lowest BCUT2D eigenvalue weighted by atomic mass is 10.1. The van der Waals surface area contributed by atoms with Crippen molar-refractivity contribution in [2.75, 3.05) is 16.0 Å². The van der Waals surface area contributed by atoms with Crippen LogP contribution in [0.2, 0.25) is 0 Å². The lowest BCUT2D eigenvalue weighted by Gasteiger charge is -2.11. The molecule has 10 nitrogen and oxygen atoms in total. The molecule has 0 atom stereocenters. The first-order valence-electron chi connectivity index (χ1n) is 12.2. The number of fused-ring (bicyclic) bond motifs is 1. The molecule has 0 aliphatic heterocycles. The summed E-state index contributed by atoms with van der Waals surface area (Å²) in [5, 5.41) is 24.7. The summed E-state index contributed by atoms with van der Waals surface area (Å²) in [6, 6.07) is 26.5. The number of hydrogen-bond acceptors (Lipinski definition) is 8. The van der Waals surface area contributed by atoms with Crippen molar-refractivity contribution in [1.82, 2.24) is 30.6 Å². The highest BCUT2D eigenvalue weighted by molar-refractivity contribution is 6.04. The maximum absolute atomic E-state index is 12.8. The van der Waals surface area contributed by atoms with Gasteiger partial charge in [0.05, 0.1) is 5.52 Å². The van der Waals surface area contributed by atoms with Crippen LogP contribution < -0.4 is 16.0 Å². The molecular weight excluding hydrogens is 490 g/mol. The number of rotatable bonds is 7. The van der Waals surface area contributed by atoms with Gasteiger partial charge in [0.15, 0.2) is 5.82 Å². The van der Waals surface area contributed by atoms with Gasteiger partial charge in [0.25, 0.3) is 5.91 Å². The molecule has 0 aliphatic carbocycles. The van der Waals surface area contributed by atoms with E-state index >= 15 is 0 Å². The Morgan fingerprint density at radius 1 is 0.744 bits per heavy atom. The third-order valence-electron chi connectivity index (χ3n) is 6.11. The Labute approximate surface area is 223 Å². The van der Waals surface area contributed by atoms with Crippen LogP contribution in [0.15, 0.2) is 97.3 Å². The Hall–Kier alpha value is -5.64. The van der Waals surface area contributed by atoms with Gasteiger partial charge in [-0.3, -0.25) is 14.8 Å². The normalized spacial score (nSPS) is 10.8. The number of carbonyl (C=O) groups is 1. The molecule has 0 saturated carbocycles. The summed E-state index contributed by atoms with van der Waals surface area (Å²) >= 11 is 0. The number of tetrazole rings is 1. The molecule has 6 aromatic rings. The molecule has 4 N–H and O–H groups in total. The fourth-order valence-electron chi connectivity index (χ4n) is 4.17. The second kappa shape index (κ2) is 10.4. The third kappa shape index (κ3) is 5.39. The maximum atomic E-state index is 12.8. The molecule has 3 aromatic heterocycles. The summed E-state index contributed by atoms with van der Waals surface area (Å²) in [4.78, 5) is 21.5. The second-order valence-corrected chi connectivity index (χ2v) is 8.89. The van der Waals surface area contributed by atoms with Crippen molar-refractivity contribution in [2.24, 2.45) is 0 Å².